The molecule has 4 N–H and O–H groups in total. The molecule has 1 atom stereocenters. The van der Waals surface area contributed by atoms with E-state index in [0.29, 0.717) is 12.8 Å². The summed E-state index contributed by atoms with van der Waals surface area (Å²) in [6, 6.07) is 0. The summed E-state index contributed by atoms with van der Waals surface area (Å²) < 4.78 is 0. The van der Waals surface area contributed by atoms with Crippen molar-refractivity contribution in [3.05, 3.63) is 0 Å². The van der Waals surface area contributed by atoms with Gasteiger partial charge in [-0.2, -0.15) is 0 Å². The van der Waals surface area contributed by atoms with Crippen molar-refractivity contribution in [2.24, 2.45) is 0 Å². The largest absolute Gasteiger partial charge is 0.354 e. The van der Waals surface area contributed by atoms with Crippen molar-refractivity contribution in [1.29, 1.82) is 0 Å². The van der Waals surface area contributed by atoms with Crippen LogP contribution in [0.2, 0.25) is 0 Å². The summed E-state index contributed by atoms with van der Waals surface area (Å²) in [5.74, 6) is -2.00. The first-order valence-electron chi connectivity index (χ1n) is 11.9. The zero-order chi connectivity index (χ0) is 21.1. The Bertz CT molecular complexity index is 356. The molecule has 28 heavy (non-hydrogen) atoms. The quantitative estimate of drug-likeness (QED) is 0.164. The van der Waals surface area contributed by atoms with Gasteiger partial charge in [0, 0.05) is 13.3 Å². The van der Waals surface area contributed by atoms with E-state index in [2.05, 4.69) is 17.6 Å². The molecule has 168 valence electrons. The highest BCUT2D eigenvalue weighted by atomic mass is 16.5. The molecule has 5 heteroatoms. The second-order valence-corrected chi connectivity index (χ2v) is 8.39. The average Bonchev–Trinajstić information content (AvgIpc) is 2.63. The van der Waals surface area contributed by atoms with E-state index in [1.165, 1.54) is 90.4 Å². The van der Waals surface area contributed by atoms with Gasteiger partial charge in [-0.1, -0.05) is 104 Å². The van der Waals surface area contributed by atoms with Crippen LogP contribution in [0.1, 0.15) is 130 Å². The van der Waals surface area contributed by atoms with Gasteiger partial charge in [-0.05, 0) is 12.8 Å². The van der Waals surface area contributed by atoms with Crippen LogP contribution in [-0.2, 0) is 4.79 Å². The van der Waals surface area contributed by atoms with Crippen LogP contribution in [0.5, 0.6) is 0 Å². The molecule has 0 aliphatic heterocycles. The maximum absolute atomic E-state index is 11.9. The zero-order valence-electron chi connectivity index (χ0n) is 18.9. The van der Waals surface area contributed by atoms with Gasteiger partial charge in [0.1, 0.15) is 0 Å². The lowest BCUT2D eigenvalue weighted by molar-refractivity contribution is -0.178. The van der Waals surface area contributed by atoms with Crippen LogP contribution in [0.3, 0.4) is 0 Å². The Kier molecular flexibility index (Phi) is 18.0. The minimum absolute atomic E-state index is 0.0294. The van der Waals surface area contributed by atoms with Crippen molar-refractivity contribution in [3.63, 3.8) is 0 Å². The zero-order valence-corrected chi connectivity index (χ0v) is 18.9. The van der Waals surface area contributed by atoms with E-state index >= 15 is 0 Å². The van der Waals surface area contributed by atoms with Crippen LogP contribution in [0.4, 0.5) is 0 Å². The van der Waals surface area contributed by atoms with Gasteiger partial charge < -0.3 is 15.5 Å². The van der Waals surface area contributed by atoms with Crippen LogP contribution < -0.4 is 10.6 Å². The number of amides is 1. The van der Waals surface area contributed by atoms with E-state index < -0.39 is 12.1 Å². The third-order valence-electron chi connectivity index (χ3n) is 5.20. The van der Waals surface area contributed by atoms with Gasteiger partial charge in [0.05, 0.1) is 6.17 Å². The SMILES string of the molecule is CCCCCCCCCCCCCCCCCC(=O)NC(CC)NC(C)(O)O. The van der Waals surface area contributed by atoms with Gasteiger partial charge in [0.15, 0.2) is 0 Å². The van der Waals surface area contributed by atoms with E-state index in [1.54, 1.807) is 0 Å². The number of carbonyl (C=O) groups excluding carboxylic acids is 1. The number of hydrogen-bond acceptors (Lipinski definition) is 4. The highest BCUT2D eigenvalue weighted by molar-refractivity contribution is 5.76. The molecule has 1 unspecified atom stereocenters. The number of carbonyl (C=O) groups is 1. The van der Waals surface area contributed by atoms with E-state index in [1.807, 2.05) is 6.92 Å². The van der Waals surface area contributed by atoms with Crippen LogP contribution in [0.15, 0.2) is 0 Å². The molecular weight excluding hydrogens is 352 g/mol. The number of unbranched alkanes of at least 4 members (excludes halogenated alkanes) is 14. The molecule has 0 fully saturated rings. The third kappa shape index (κ3) is 20.1. The minimum Gasteiger partial charge on any atom is -0.354 e. The van der Waals surface area contributed by atoms with Crippen molar-refractivity contribution < 1.29 is 15.0 Å². The summed E-state index contributed by atoms with van der Waals surface area (Å²) in [6.07, 6.45) is 20.4. The summed E-state index contributed by atoms with van der Waals surface area (Å²) in [4.78, 5) is 11.9. The molecule has 0 aliphatic rings. The van der Waals surface area contributed by atoms with Crippen LogP contribution >= 0.6 is 0 Å². The molecule has 0 spiro atoms. The number of nitrogens with one attached hydrogen (secondary N) is 2. The Morgan fingerprint density at radius 1 is 0.750 bits per heavy atom. The second kappa shape index (κ2) is 18.4. The van der Waals surface area contributed by atoms with Crippen molar-refractivity contribution in [3.8, 4) is 0 Å². The van der Waals surface area contributed by atoms with Gasteiger partial charge in [-0.3, -0.25) is 4.79 Å². The highest BCUT2D eigenvalue weighted by Crippen LogP contribution is 2.13. The van der Waals surface area contributed by atoms with Crippen molar-refractivity contribution >= 4 is 5.91 Å². The molecule has 5 nitrogen and oxygen atoms in total. The fraction of sp³-hybridized carbons (Fsp3) is 0.957. The van der Waals surface area contributed by atoms with Crippen molar-refractivity contribution in [1.82, 2.24) is 10.6 Å². The predicted octanol–water partition coefficient (Wildman–Crippen LogP) is 5.35. The fourth-order valence-electron chi connectivity index (χ4n) is 3.49. The van der Waals surface area contributed by atoms with Crippen molar-refractivity contribution in [2.45, 2.75) is 142 Å². The lowest BCUT2D eigenvalue weighted by Crippen LogP contribution is -2.55. The summed E-state index contributed by atoms with van der Waals surface area (Å²) >= 11 is 0. The first-order chi connectivity index (χ1) is 13.4. The van der Waals surface area contributed by atoms with Crippen LogP contribution in [0.25, 0.3) is 0 Å². The molecule has 0 saturated carbocycles. The molecule has 0 saturated heterocycles. The lowest BCUT2D eigenvalue weighted by atomic mass is 10.0. The normalized spacial score (nSPS) is 12.9. The second-order valence-electron chi connectivity index (χ2n) is 8.39. The first-order valence-corrected chi connectivity index (χ1v) is 11.9. The molecule has 0 aromatic rings. The molecule has 0 aromatic carbocycles. The van der Waals surface area contributed by atoms with Gasteiger partial charge in [0.25, 0.3) is 0 Å². The molecule has 0 aliphatic carbocycles. The number of aliphatic hydroxyl groups is 2. The van der Waals surface area contributed by atoms with E-state index in [0.717, 1.165) is 12.8 Å². The maximum Gasteiger partial charge on any atom is 0.221 e. The van der Waals surface area contributed by atoms with E-state index in [9.17, 15) is 15.0 Å². The molecular formula is C23H48N2O3. The van der Waals surface area contributed by atoms with Gasteiger partial charge >= 0.3 is 0 Å². The Labute approximate surface area is 174 Å². The third-order valence-corrected chi connectivity index (χ3v) is 5.20. The Balaban J connectivity index is 3.37. The summed E-state index contributed by atoms with van der Waals surface area (Å²) in [5.41, 5.74) is 0. The van der Waals surface area contributed by atoms with E-state index in [4.69, 9.17) is 0 Å². The van der Waals surface area contributed by atoms with Crippen LogP contribution in [-0.4, -0.2) is 28.2 Å². The summed E-state index contributed by atoms with van der Waals surface area (Å²) in [5, 5.41) is 24.1. The Morgan fingerprint density at radius 3 is 1.50 bits per heavy atom. The summed E-state index contributed by atoms with van der Waals surface area (Å²) in [6.45, 7) is 5.40. The molecule has 0 radical (unpaired) electrons. The molecule has 0 bridgehead atoms. The minimum atomic E-state index is -1.97. The van der Waals surface area contributed by atoms with Gasteiger partial charge in [-0.25, -0.2) is 5.32 Å². The van der Waals surface area contributed by atoms with Crippen LogP contribution in [0, 0.1) is 0 Å². The lowest BCUT2D eigenvalue weighted by Gasteiger charge is -2.25. The monoisotopic (exact) mass is 400 g/mol. The molecule has 0 heterocycles. The highest BCUT2D eigenvalue weighted by Gasteiger charge is 2.20. The van der Waals surface area contributed by atoms with Gasteiger partial charge in [0.2, 0.25) is 11.8 Å². The summed E-state index contributed by atoms with van der Waals surface area (Å²) in [7, 11) is 0. The van der Waals surface area contributed by atoms with E-state index in [-0.39, 0.29) is 5.91 Å². The molecule has 1 amide bonds. The maximum atomic E-state index is 11.9. The topological polar surface area (TPSA) is 81.6 Å². The molecule has 0 rings (SSSR count). The average molecular weight is 401 g/mol. The van der Waals surface area contributed by atoms with Crippen molar-refractivity contribution in [2.75, 3.05) is 0 Å². The van der Waals surface area contributed by atoms with Gasteiger partial charge in [-0.15, -0.1) is 0 Å². The Morgan fingerprint density at radius 2 is 1.14 bits per heavy atom. The fourth-order valence-corrected chi connectivity index (χ4v) is 3.49. The predicted molar refractivity (Wildman–Crippen MR) is 118 cm³/mol. The first kappa shape index (κ1) is 27.4. The number of hydrogen-bond donors (Lipinski definition) is 4. The number of rotatable bonds is 20. The smallest absolute Gasteiger partial charge is 0.221 e. The standard InChI is InChI=1S/C23H48N2O3/c1-4-6-7-8-9-10-11-12-13-14-15-16-17-18-19-20-22(26)24-21(5-2)25-23(3,27)28/h21,25,27-28H,4-20H2,1-3H3,(H,24,26). The Hall–Kier alpha value is -0.650. The molecule has 0 aromatic heterocycles.